The molecule has 2 N–H and O–H groups in total. The van der Waals surface area contributed by atoms with Gasteiger partial charge in [0.05, 0.1) is 7.98 Å². The number of fused-ring (bicyclic) bond motifs is 2. The number of amides is 3. The molecule has 88 valence electrons. The quantitative estimate of drug-likeness (QED) is 0.651. The minimum absolute atomic E-state index is 0.139. The number of urea groups is 1. The zero-order valence-electron chi connectivity index (χ0n) is 9.67. The van der Waals surface area contributed by atoms with E-state index in [0.717, 1.165) is 12.1 Å². The van der Waals surface area contributed by atoms with Crippen molar-refractivity contribution in [2.24, 2.45) is 0 Å². The molecular formula is C11H9FN2O3. The molecule has 3 rings (SSSR count). The van der Waals surface area contributed by atoms with E-state index in [0.29, 0.717) is 0 Å². The van der Waals surface area contributed by atoms with Crippen LogP contribution in [0.4, 0.5) is 9.18 Å². The molecule has 1 saturated heterocycles. The highest BCUT2D eigenvalue weighted by molar-refractivity contribution is 6.07. The summed E-state index contributed by atoms with van der Waals surface area (Å²) in [7, 11) is 0. The van der Waals surface area contributed by atoms with Gasteiger partial charge < -0.3 is 10.1 Å². The van der Waals surface area contributed by atoms with Gasteiger partial charge in [-0.1, -0.05) is 0 Å². The summed E-state index contributed by atoms with van der Waals surface area (Å²) >= 11 is 0. The molecule has 2 aliphatic rings. The summed E-state index contributed by atoms with van der Waals surface area (Å²) in [6.07, 6.45) is 0.209. The van der Waals surface area contributed by atoms with Gasteiger partial charge in [-0.2, -0.15) is 0 Å². The van der Waals surface area contributed by atoms with Gasteiger partial charge in [-0.15, -0.1) is 0 Å². The van der Waals surface area contributed by atoms with Crippen molar-refractivity contribution in [1.82, 2.24) is 10.6 Å². The number of hydrogen-bond donors (Lipinski definition) is 2. The van der Waals surface area contributed by atoms with E-state index in [1.54, 1.807) is 0 Å². The summed E-state index contributed by atoms with van der Waals surface area (Å²) in [5, 5.41) is 4.63. The third-order valence-corrected chi connectivity index (χ3v) is 2.99. The van der Waals surface area contributed by atoms with Crippen LogP contribution in [0.1, 0.15) is 13.4 Å². The number of hydrogen-bond acceptors (Lipinski definition) is 3. The first-order chi connectivity index (χ1) is 8.53. The van der Waals surface area contributed by atoms with E-state index in [9.17, 15) is 14.0 Å². The lowest BCUT2D eigenvalue weighted by Crippen LogP contribution is -2.47. The number of rotatable bonds is 0. The van der Waals surface area contributed by atoms with E-state index < -0.39 is 23.3 Å². The average Bonchev–Trinajstić information content (AvgIpc) is 2.56. The van der Waals surface area contributed by atoms with E-state index in [1.165, 1.54) is 0 Å². The molecule has 0 aromatic heterocycles. The first-order valence-corrected chi connectivity index (χ1v) is 5.10. The molecular weight excluding hydrogens is 227 g/mol. The molecule has 0 radical (unpaired) electrons. The maximum absolute atomic E-state index is 13.4. The number of nitrogens with one attached hydrogen (secondary N) is 2. The van der Waals surface area contributed by atoms with Gasteiger partial charge in [-0.3, -0.25) is 10.1 Å². The van der Waals surface area contributed by atoms with Crippen LogP contribution in [-0.2, 0) is 10.3 Å². The van der Waals surface area contributed by atoms with Gasteiger partial charge in [-0.05, 0) is 18.2 Å². The van der Waals surface area contributed by atoms with Crippen molar-refractivity contribution >= 4 is 11.9 Å². The fraction of sp³-hybridized carbons (Fsp3) is 0.273. The second-order valence-corrected chi connectivity index (χ2v) is 3.97. The standard InChI is InChI=1S/C11H9FN2O3/c12-6-1-2-8-7(5-6)11(3-4-17-8)9(15)13-10(16)14-11/h1-2,5H,3-4H2,(H2,13,14,15,16)/t11-/m0/s1/i2D. The average molecular weight is 237 g/mol. The third kappa shape index (κ3) is 1.30. The monoisotopic (exact) mass is 237 g/mol. The molecule has 0 unspecified atom stereocenters. The van der Waals surface area contributed by atoms with Crippen LogP contribution < -0.4 is 15.4 Å². The van der Waals surface area contributed by atoms with Gasteiger partial charge in [0.15, 0.2) is 5.54 Å². The molecule has 0 aliphatic carbocycles. The second-order valence-electron chi connectivity index (χ2n) is 3.97. The highest BCUT2D eigenvalue weighted by Gasteiger charge is 2.50. The Kier molecular flexibility index (Phi) is 1.69. The van der Waals surface area contributed by atoms with Crippen LogP contribution in [0.3, 0.4) is 0 Å². The second kappa shape index (κ2) is 3.19. The summed E-state index contributed by atoms with van der Waals surface area (Å²) in [4.78, 5) is 23.2. The van der Waals surface area contributed by atoms with Crippen molar-refractivity contribution < 1.29 is 20.1 Å². The molecule has 0 saturated carbocycles. The largest absolute Gasteiger partial charge is 0.493 e. The number of carbonyl (C=O) groups is 2. The van der Waals surface area contributed by atoms with Crippen molar-refractivity contribution in [3.63, 3.8) is 0 Å². The summed E-state index contributed by atoms with van der Waals surface area (Å²) in [6.45, 7) is 0.179. The van der Waals surface area contributed by atoms with E-state index >= 15 is 0 Å². The first kappa shape index (κ1) is 8.98. The minimum Gasteiger partial charge on any atom is -0.493 e. The Bertz CT molecular complexity index is 578. The zero-order chi connectivity index (χ0) is 12.9. The topological polar surface area (TPSA) is 67.4 Å². The Hall–Kier alpha value is -2.11. The third-order valence-electron chi connectivity index (χ3n) is 2.99. The summed E-state index contributed by atoms with van der Waals surface area (Å²) in [5.41, 5.74) is -1.12. The molecule has 1 spiro atoms. The molecule has 1 aromatic carbocycles. The number of carbonyl (C=O) groups excluding carboxylic acids is 2. The lowest BCUT2D eigenvalue weighted by molar-refractivity contribution is -0.125. The fourth-order valence-corrected chi connectivity index (χ4v) is 2.19. The van der Waals surface area contributed by atoms with Gasteiger partial charge in [0, 0.05) is 12.0 Å². The summed E-state index contributed by atoms with van der Waals surface area (Å²) in [6, 6.07) is 1.37. The number of benzene rings is 1. The molecule has 6 heteroatoms. The molecule has 1 aromatic rings. The highest BCUT2D eigenvalue weighted by atomic mass is 19.1. The normalized spacial score (nSPS) is 27.0. The van der Waals surface area contributed by atoms with Crippen LogP contribution in [0.2, 0.25) is 0 Å². The number of imide groups is 1. The van der Waals surface area contributed by atoms with Crippen LogP contribution in [0.5, 0.6) is 5.75 Å². The highest BCUT2D eigenvalue weighted by Crippen LogP contribution is 2.39. The Morgan fingerprint density at radius 3 is 3.06 bits per heavy atom. The lowest BCUT2D eigenvalue weighted by atomic mass is 9.84. The van der Waals surface area contributed by atoms with Crippen LogP contribution in [0, 0.1) is 5.82 Å². The van der Waals surface area contributed by atoms with E-state index in [-0.39, 0.29) is 30.4 Å². The van der Waals surface area contributed by atoms with Crippen molar-refractivity contribution in [3.8, 4) is 5.75 Å². The van der Waals surface area contributed by atoms with Crippen molar-refractivity contribution in [1.29, 1.82) is 0 Å². The molecule has 1 fully saturated rings. The van der Waals surface area contributed by atoms with E-state index in [2.05, 4.69) is 10.6 Å². The Morgan fingerprint density at radius 2 is 2.35 bits per heavy atom. The Labute approximate surface area is 97.4 Å². The van der Waals surface area contributed by atoms with Crippen LogP contribution in [-0.4, -0.2) is 18.5 Å². The molecule has 0 bridgehead atoms. The van der Waals surface area contributed by atoms with Crippen LogP contribution in [0.15, 0.2) is 18.2 Å². The van der Waals surface area contributed by atoms with Gasteiger partial charge in [0.25, 0.3) is 5.91 Å². The van der Waals surface area contributed by atoms with Crippen LogP contribution >= 0.6 is 0 Å². The van der Waals surface area contributed by atoms with E-state index in [1.807, 2.05) is 0 Å². The summed E-state index contributed by atoms with van der Waals surface area (Å²) in [5.74, 6) is -1.04. The zero-order valence-corrected chi connectivity index (χ0v) is 8.67. The summed E-state index contributed by atoms with van der Waals surface area (Å²) < 4.78 is 26.3. The lowest BCUT2D eigenvalue weighted by Gasteiger charge is -2.32. The predicted octanol–water partition coefficient (Wildman–Crippen LogP) is 0.643. The Balaban J connectivity index is 2.23. The number of halogens is 1. The smallest absolute Gasteiger partial charge is 0.322 e. The Morgan fingerprint density at radius 1 is 1.53 bits per heavy atom. The first-order valence-electron chi connectivity index (χ1n) is 5.60. The van der Waals surface area contributed by atoms with Crippen molar-refractivity contribution in [3.05, 3.63) is 29.6 Å². The molecule has 2 aliphatic heterocycles. The van der Waals surface area contributed by atoms with Gasteiger partial charge in [0.2, 0.25) is 0 Å². The molecule has 1 atom stereocenters. The van der Waals surface area contributed by atoms with Crippen LogP contribution in [0.25, 0.3) is 0 Å². The van der Waals surface area contributed by atoms with Gasteiger partial charge in [0.1, 0.15) is 11.6 Å². The maximum Gasteiger partial charge on any atom is 0.322 e. The molecule has 3 amide bonds. The molecule has 5 nitrogen and oxygen atoms in total. The number of ether oxygens (including phenoxy) is 1. The minimum atomic E-state index is -1.32. The van der Waals surface area contributed by atoms with Gasteiger partial charge in [-0.25, -0.2) is 9.18 Å². The maximum atomic E-state index is 13.4. The predicted molar refractivity (Wildman–Crippen MR) is 54.9 cm³/mol. The molecule has 2 heterocycles. The van der Waals surface area contributed by atoms with Crippen molar-refractivity contribution in [2.75, 3.05) is 6.61 Å². The fourth-order valence-electron chi connectivity index (χ4n) is 2.19. The SMILES string of the molecule is [2H]c1cc(F)cc2c1OCC[C@]21NC(=O)NC1=O. The van der Waals surface area contributed by atoms with E-state index in [4.69, 9.17) is 6.11 Å². The van der Waals surface area contributed by atoms with Gasteiger partial charge >= 0.3 is 6.03 Å². The molecule has 17 heavy (non-hydrogen) atoms. The van der Waals surface area contributed by atoms with Crippen molar-refractivity contribution in [2.45, 2.75) is 12.0 Å².